The Morgan fingerprint density at radius 1 is 1.39 bits per heavy atom. The maximum atomic E-state index is 11.8. The molecule has 23 heavy (non-hydrogen) atoms. The number of ether oxygens (including phenoxy) is 1. The minimum atomic E-state index is -0.316. The van der Waals surface area contributed by atoms with E-state index in [1.807, 2.05) is 6.92 Å². The van der Waals surface area contributed by atoms with Gasteiger partial charge in [-0.05, 0) is 44.6 Å². The third kappa shape index (κ3) is 3.37. The van der Waals surface area contributed by atoms with Crippen molar-refractivity contribution in [3.05, 3.63) is 28.4 Å². The van der Waals surface area contributed by atoms with Crippen LogP contribution in [-0.2, 0) is 4.74 Å². The third-order valence-corrected chi connectivity index (χ3v) is 5.40. The summed E-state index contributed by atoms with van der Waals surface area (Å²) in [6.07, 6.45) is 9.99. The van der Waals surface area contributed by atoms with E-state index in [1.54, 1.807) is 6.33 Å². The number of nitrogens with one attached hydrogen (secondary N) is 1. The lowest BCUT2D eigenvalue weighted by atomic mass is 9.97. The fraction of sp³-hybridized carbons (Fsp3) is 0.471. The van der Waals surface area contributed by atoms with E-state index in [2.05, 4.69) is 21.4 Å². The minimum absolute atomic E-state index is 0.316. The zero-order chi connectivity index (χ0) is 16.2. The SMILES string of the molecule is COC(=O)c1sc2ncnc(NCCC3=CCCCC3)c2c1C. The minimum Gasteiger partial charge on any atom is -0.465 e. The summed E-state index contributed by atoms with van der Waals surface area (Å²) >= 11 is 1.36. The van der Waals surface area contributed by atoms with E-state index in [0.717, 1.165) is 34.6 Å². The number of aryl methyl sites for hydroxylation is 1. The zero-order valence-corrected chi connectivity index (χ0v) is 14.3. The highest BCUT2D eigenvalue weighted by Gasteiger charge is 2.19. The van der Waals surface area contributed by atoms with Crippen molar-refractivity contribution in [2.75, 3.05) is 19.0 Å². The van der Waals surface area contributed by atoms with Gasteiger partial charge in [0.05, 0.1) is 12.5 Å². The zero-order valence-electron chi connectivity index (χ0n) is 13.5. The van der Waals surface area contributed by atoms with Gasteiger partial charge in [0.2, 0.25) is 0 Å². The maximum absolute atomic E-state index is 11.8. The number of hydrogen-bond acceptors (Lipinski definition) is 6. The Hall–Kier alpha value is -1.95. The number of anilines is 1. The molecule has 122 valence electrons. The van der Waals surface area contributed by atoms with Crippen LogP contribution in [0.1, 0.15) is 47.3 Å². The van der Waals surface area contributed by atoms with Crippen LogP contribution in [0.4, 0.5) is 5.82 Å². The van der Waals surface area contributed by atoms with Crippen LogP contribution in [0, 0.1) is 6.92 Å². The fourth-order valence-corrected chi connectivity index (χ4v) is 4.03. The summed E-state index contributed by atoms with van der Waals surface area (Å²) in [6.45, 7) is 2.77. The molecule has 0 saturated carbocycles. The highest BCUT2D eigenvalue weighted by Crippen LogP contribution is 2.33. The van der Waals surface area contributed by atoms with Crippen molar-refractivity contribution >= 4 is 33.3 Å². The predicted molar refractivity (Wildman–Crippen MR) is 93.1 cm³/mol. The van der Waals surface area contributed by atoms with Crippen molar-refractivity contribution in [2.24, 2.45) is 0 Å². The van der Waals surface area contributed by atoms with E-state index in [-0.39, 0.29) is 5.97 Å². The topological polar surface area (TPSA) is 64.1 Å². The first-order valence-electron chi connectivity index (χ1n) is 7.95. The van der Waals surface area contributed by atoms with Crippen LogP contribution in [0.15, 0.2) is 18.0 Å². The number of allylic oxidation sites excluding steroid dienone is 1. The number of methoxy groups -OCH3 is 1. The van der Waals surface area contributed by atoms with Crippen LogP contribution in [0.3, 0.4) is 0 Å². The molecule has 0 amide bonds. The molecule has 0 fully saturated rings. The molecule has 0 saturated heterocycles. The molecule has 0 bridgehead atoms. The van der Waals surface area contributed by atoms with E-state index in [0.29, 0.717) is 4.88 Å². The summed E-state index contributed by atoms with van der Waals surface area (Å²) in [6, 6.07) is 0. The normalized spacial score (nSPS) is 14.6. The van der Waals surface area contributed by atoms with Crippen LogP contribution in [-0.4, -0.2) is 29.6 Å². The van der Waals surface area contributed by atoms with Gasteiger partial charge in [-0.25, -0.2) is 14.8 Å². The second kappa shape index (κ2) is 7.08. The van der Waals surface area contributed by atoms with Gasteiger partial charge in [-0.1, -0.05) is 11.6 Å². The van der Waals surface area contributed by atoms with Crippen LogP contribution in [0.5, 0.6) is 0 Å². The number of aromatic nitrogens is 2. The van der Waals surface area contributed by atoms with E-state index in [4.69, 9.17) is 4.74 Å². The number of hydrogen-bond donors (Lipinski definition) is 1. The highest BCUT2D eigenvalue weighted by molar-refractivity contribution is 7.20. The number of nitrogens with zero attached hydrogens (tertiary/aromatic N) is 2. The average Bonchev–Trinajstić information content (AvgIpc) is 2.93. The van der Waals surface area contributed by atoms with Crippen molar-refractivity contribution in [1.82, 2.24) is 9.97 Å². The molecule has 1 N–H and O–H groups in total. The fourth-order valence-electron chi connectivity index (χ4n) is 2.97. The van der Waals surface area contributed by atoms with Gasteiger partial charge in [0.15, 0.2) is 0 Å². The molecular formula is C17H21N3O2S. The molecule has 0 atom stereocenters. The van der Waals surface area contributed by atoms with E-state index < -0.39 is 0 Å². The molecule has 3 rings (SSSR count). The number of rotatable bonds is 5. The second-order valence-corrected chi connectivity index (χ2v) is 6.73. The van der Waals surface area contributed by atoms with Crippen molar-refractivity contribution in [1.29, 1.82) is 0 Å². The van der Waals surface area contributed by atoms with Crippen molar-refractivity contribution < 1.29 is 9.53 Å². The molecular weight excluding hydrogens is 310 g/mol. The van der Waals surface area contributed by atoms with Gasteiger partial charge >= 0.3 is 5.97 Å². The largest absolute Gasteiger partial charge is 0.465 e. The summed E-state index contributed by atoms with van der Waals surface area (Å²) in [5.41, 5.74) is 2.42. The van der Waals surface area contributed by atoms with Crippen molar-refractivity contribution in [2.45, 2.75) is 39.0 Å². The Balaban J connectivity index is 1.79. The summed E-state index contributed by atoms with van der Waals surface area (Å²) in [5.74, 6) is 0.485. The predicted octanol–water partition coefficient (Wildman–Crippen LogP) is 4.09. The summed E-state index contributed by atoms with van der Waals surface area (Å²) < 4.78 is 4.84. The Labute approximate surface area is 139 Å². The molecule has 2 aromatic rings. The van der Waals surface area contributed by atoms with Gasteiger partial charge < -0.3 is 10.1 Å². The first-order valence-corrected chi connectivity index (χ1v) is 8.76. The van der Waals surface area contributed by atoms with Crippen LogP contribution in [0.25, 0.3) is 10.2 Å². The maximum Gasteiger partial charge on any atom is 0.348 e. The lowest BCUT2D eigenvalue weighted by Gasteiger charge is -2.13. The van der Waals surface area contributed by atoms with Crippen LogP contribution < -0.4 is 5.32 Å². The molecule has 0 unspecified atom stereocenters. The van der Waals surface area contributed by atoms with E-state index >= 15 is 0 Å². The standard InChI is InChI=1S/C17H21N3O2S/c1-11-13-15(18-9-8-12-6-4-3-5-7-12)19-10-20-16(13)23-14(11)17(21)22-2/h6,10H,3-5,7-9H2,1-2H3,(H,18,19,20). The number of carbonyl (C=O) groups excluding carboxylic acids is 1. The summed E-state index contributed by atoms with van der Waals surface area (Å²) in [5, 5.41) is 4.34. The van der Waals surface area contributed by atoms with Gasteiger partial charge in [-0.3, -0.25) is 0 Å². The van der Waals surface area contributed by atoms with Gasteiger partial charge in [0, 0.05) is 6.54 Å². The lowest BCUT2D eigenvalue weighted by Crippen LogP contribution is -2.06. The van der Waals surface area contributed by atoms with E-state index in [1.165, 1.54) is 49.7 Å². The monoisotopic (exact) mass is 331 g/mol. The van der Waals surface area contributed by atoms with Crippen molar-refractivity contribution in [3.8, 4) is 0 Å². The van der Waals surface area contributed by atoms with Crippen molar-refractivity contribution in [3.63, 3.8) is 0 Å². The van der Waals surface area contributed by atoms with Gasteiger partial charge in [-0.2, -0.15) is 0 Å². The molecule has 5 nitrogen and oxygen atoms in total. The van der Waals surface area contributed by atoms with Crippen LogP contribution >= 0.6 is 11.3 Å². The number of fused-ring (bicyclic) bond motifs is 1. The molecule has 0 aliphatic heterocycles. The molecule has 1 aliphatic rings. The molecule has 2 heterocycles. The summed E-state index contributed by atoms with van der Waals surface area (Å²) in [4.78, 5) is 21.9. The molecule has 0 spiro atoms. The number of esters is 1. The second-order valence-electron chi connectivity index (χ2n) is 5.74. The Morgan fingerprint density at radius 3 is 3.00 bits per heavy atom. The molecule has 2 aromatic heterocycles. The molecule has 6 heteroatoms. The van der Waals surface area contributed by atoms with Gasteiger partial charge in [0.25, 0.3) is 0 Å². The Kier molecular flexibility index (Phi) is 4.91. The Morgan fingerprint density at radius 2 is 2.26 bits per heavy atom. The molecule has 0 radical (unpaired) electrons. The summed E-state index contributed by atoms with van der Waals surface area (Å²) in [7, 11) is 1.40. The third-order valence-electron chi connectivity index (χ3n) is 4.22. The molecule has 0 aromatic carbocycles. The lowest BCUT2D eigenvalue weighted by molar-refractivity contribution is 0.0605. The number of carbonyl (C=O) groups is 1. The quantitative estimate of drug-likeness (QED) is 0.660. The first-order chi connectivity index (χ1) is 11.2. The first kappa shape index (κ1) is 15.9. The van der Waals surface area contributed by atoms with Gasteiger partial charge in [-0.15, -0.1) is 11.3 Å². The smallest absolute Gasteiger partial charge is 0.348 e. The average molecular weight is 331 g/mol. The van der Waals surface area contributed by atoms with E-state index in [9.17, 15) is 4.79 Å². The van der Waals surface area contributed by atoms with Crippen LogP contribution in [0.2, 0.25) is 0 Å². The molecule has 1 aliphatic carbocycles. The number of thiophene rings is 1. The highest BCUT2D eigenvalue weighted by atomic mass is 32.1. The Bertz CT molecular complexity index is 752. The van der Waals surface area contributed by atoms with Gasteiger partial charge in [0.1, 0.15) is 21.9 Å².